The van der Waals surface area contributed by atoms with Gasteiger partial charge in [-0.1, -0.05) is 12.1 Å². The van der Waals surface area contributed by atoms with Gasteiger partial charge in [0.15, 0.2) is 0 Å². The first-order chi connectivity index (χ1) is 9.87. The van der Waals surface area contributed by atoms with E-state index in [1.54, 1.807) is 31.4 Å². The molecule has 0 radical (unpaired) electrons. The van der Waals surface area contributed by atoms with Gasteiger partial charge in [-0.15, -0.1) is 0 Å². The normalized spacial score (nSPS) is 11.4. The van der Waals surface area contributed by atoms with Crippen LogP contribution in [0.2, 0.25) is 0 Å². The molecule has 0 bridgehead atoms. The predicted molar refractivity (Wildman–Crippen MR) is 70.4 cm³/mol. The lowest BCUT2D eigenvalue weighted by Crippen LogP contribution is -2.24. The lowest BCUT2D eigenvalue weighted by Gasteiger charge is -2.08. The molecule has 0 unspecified atom stereocenters. The lowest BCUT2D eigenvalue weighted by molar-refractivity contribution is -0.127. The molecule has 0 spiro atoms. The fourth-order valence-electron chi connectivity index (χ4n) is 1.82. The van der Waals surface area contributed by atoms with Gasteiger partial charge in [0.2, 0.25) is 0 Å². The molecule has 0 aliphatic carbocycles. The van der Waals surface area contributed by atoms with Crippen LogP contribution in [0.3, 0.4) is 0 Å². The standard InChI is InChI=1S/C14H13F3N2O2/c1-21-12-4-2-10(3-5-12)9-19-13(20)6-11(8-18-19)7-14(15,16)17/h2-6,8H,7,9H2,1H3. The zero-order chi connectivity index (χ0) is 15.5. The zero-order valence-electron chi connectivity index (χ0n) is 11.2. The molecule has 0 saturated heterocycles. The Morgan fingerprint density at radius 3 is 2.38 bits per heavy atom. The smallest absolute Gasteiger partial charge is 0.393 e. The second kappa shape index (κ2) is 5.99. The van der Waals surface area contributed by atoms with Crippen LogP contribution < -0.4 is 10.3 Å². The van der Waals surface area contributed by atoms with Gasteiger partial charge >= 0.3 is 6.18 Å². The number of alkyl halides is 3. The quantitative estimate of drug-likeness (QED) is 0.870. The number of aromatic nitrogens is 2. The van der Waals surface area contributed by atoms with E-state index in [4.69, 9.17) is 4.74 Å². The van der Waals surface area contributed by atoms with E-state index in [1.165, 1.54) is 0 Å². The highest BCUT2D eigenvalue weighted by Crippen LogP contribution is 2.19. The molecule has 2 rings (SSSR count). The van der Waals surface area contributed by atoms with Gasteiger partial charge in [-0.25, -0.2) is 4.68 Å². The van der Waals surface area contributed by atoms with E-state index in [2.05, 4.69) is 5.10 Å². The molecule has 21 heavy (non-hydrogen) atoms. The number of hydrogen-bond acceptors (Lipinski definition) is 3. The third-order valence-electron chi connectivity index (χ3n) is 2.82. The van der Waals surface area contributed by atoms with Gasteiger partial charge in [0, 0.05) is 6.07 Å². The van der Waals surface area contributed by atoms with Crippen molar-refractivity contribution >= 4 is 0 Å². The van der Waals surface area contributed by atoms with Gasteiger partial charge in [-0.3, -0.25) is 4.79 Å². The minimum Gasteiger partial charge on any atom is -0.497 e. The van der Waals surface area contributed by atoms with Crippen molar-refractivity contribution in [1.29, 1.82) is 0 Å². The topological polar surface area (TPSA) is 44.1 Å². The van der Waals surface area contributed by atoms with E-state index in [1.807, 2.05) is 0 Å². The van der Waals surface area contributed by atoms with Crippen LogP contribution in [0.25, 0.3) is 0 Å². The number of ether oxygens (including phenoxy) is 1. The first-order valence-electron chi connectivity index (χ1n) is 6.13. The molecule has 2 aromatic rings. The Labute approximate surface area is 118 Å². The second-order valence-electron chi connectivity index (χ2n) is 4.50. The molecule has 0 amide bonds. The highest BCUT2D eigenvalue weighted by Gasteiger charge is 2.28. The number of halogens is 3. The Hall–Kier alpha value is -2.31. The van der Waals surface area contributed by atoms with Crippen LogP contribution >= 0.6 is 0 Å². The van der Waals surface area contributed by atoms with Crippen LogP contribution in [0.4, 0.5) is 13.2 Å². The molecule has 4 nitrogen and oxygen atoms in total. The minimum absolute atomic E-state index is 0.140. The van der Waals surface area contributed by atoms with Gasteiger partial charge in [0.1, 0.15) is 5.75 Å². The molecule has 7 heteroatoms. The number of hydrogen-bond donors (Lipinski definition) is 0. The fourth-order valence-corrected chi connectivity index (χ4v) is 1.82. The van der Waals surface area contributed by atoms with Crippen molar-refractivity contribution in [3.63, 3.8) is 0 Å². The second-order valence-corrected chi connectivity index (χ2v) is 4.50. The van der Waals surface area contributed by atoms with Gasteiger partial charge in [-0.2, -0.15) is 18.3 Å². The van der Waals surface area contributed by atoms with Crippen molar-refractivity contribution in [2.45, 2.75) is 19.1 Å². The van der Waals surface area contributed by atoms with Gasteiger partial charge in [-0.05, 0) is 23.3 Å². The van der Waals surface area contributed by atoms with Crippen molar-refractivity contribution in [3.05, 3.63) is 58.0 Å². The van der Waals surface area contributed by atoms with E-state index in [0.717, 1.165) is 22.5 Å². The summed E-state index contributed by atoms with van der Waals surface area (Å²) in [6, 6.07) is 7.95. The van der Waals surface area contributed by atoms with Crippen LogP contribution in [0.1, 0.15) is 11.1 Å². The van der Waals surface area contributed by atoms with E-state index in [0.29, 0.717) is 5.75 Å². The van der Waals surface area contributed by atoms with Gasteiger partial charge in [0.25, 0.3) is 5.56 Å². The summed E-state index contributed by atoms with van der Waals surface area (Å²) in [5.41, 5.74) is 0.0972. The van der Waals surface area contributed by atoms with E-state index < -0.39 is 18.2 Å². The summed E-state index contributed by atoms with van der Waals surface area (Å²) in [5.74, 6) is 0.680. The number of methoxy groups -OCH3 is 1. The van der Waals surface area contributed by atoms with Crippen LogP contribution in [-0.4, -0.2) is 23.1 Å². The first kappa shape index (κ1) is 15.1. The van der Waals surface area contributed by atoms with Crippen molar-refractivity contribution in [2.75, 3.05) is 7.11 Å². The van der Waals surface area contributed by atoms with Gasteiger partial charge < -0.3 is 4.74 Å². The molecule has 0 N–H and O–H groups in total. The largest absolute Gasteiger partial charge is 0.497 e. The third kappa shape index (κ3) is 4.34. The molecule has 0 fully saturated rings. The van der Waals surface area contributed by atoms with Crippen molar-refractivity contribution < 1.29 is 17.9 Å². The molecular weight excluding hydrogens is 285 g/mol. The van der Waals surface area contributed by atoms with Crippen LogP contribution in [-0.2, 0) is 13.0 Å². The van der Waals surface area contributed by atoms with Crippen molar-refractivity contribution in [2.24, 2.45) is 0 Å². The molecule has 1 heterocycles. The highest BCUT2D eigenvalue weighted by atomic mass is 19.4. The van der Waals surface area contributed by atoms with Crippen LogP contribution in [0.5, 0.6) is 5.75 Å². The monoisotopic (exact) mass is 298 g/mol. The number of rotatable bonds is 4. The molecule has 1 aromatic carbocycles. The van der Waals surface area contributed by atoms with E-state index in [-0.39, 0.29) is 12.1 Å². The Morgan fingerprint density at radius 1 is 1.19 bits per heavy atom. The van der Waals surface area contributed by atoms with E-state index >= 15 is 0 Å². The third-order valence-corrected chi connectivity index (χ3v) is 2.82. The average molecular weight is 298 g/mol. The number of benzene rings is 1. The van der Waals surface area contributed by atoms with Crippen molar-refractivity contribution in [1.82, 2.24) is 9.78 Å². The Bertz CT molecular complexity index is 663. The highest BCUT2D eigenvalue weighted by molar-refractivity contribution is 5.27. The predicted octanol–water partition coefficient (Wildman–Crippen LogP) is 2.41. The Morgan fingerprint density at radius 2 is 1.86 bits per heavy atom. The Balaban J connectivity index is 2.15. The lowest BCUT2D eigenvalue weighted by atomic mass is 10.2. The summed E-state index contributed by atoms with van der Waals surface area (Å²) >= 11 is 0. The Kier molecular flexibility index (Phi) is 4.30. The number of nitrogens with zero attached hydrogens (tertiary/aromatic N) is 2. The first-order valence-corrected chi connectivity index (χ1v) is 6.13. The molecule has 0 atom stereocenters. The van der Waals surface area contributed by atoms with Crippen molar-refractivity contribution in [3.8, 4) is 5.75 Å². The zero-order valence-corrected chi connectivity index (χ0v) is 11.2. The molecule has 0 aliphatic heterocycles. The summed E-state index contributed by atoms with van der Waals surface area (Å²) in [4.78, 5) is 11.8. The minimum atomic E-state index is -4.35. The fraction of sp³-hybridized carbons (Fsp3) is 0.286. The molecule has 112 valence electrons. The van der Waals surface area contributed by atoms with Crippen LogP contribution in [0, 0.1) is 0 Å². The SMILES string of the molecule is COc1ccc(Cn2ncc(CC(F)(F)F)cc2=O)cc1. The summed E-state index contributed by atoms with van der Waals surface area (Å²) in [6.07, 6.45) is -4.44. The summed E-state index contributed by atoms with van der Waals surface area (Å²) in [5, 5.41) is 3.77. The molecule has 1 aromatic heterocycles. The molecule has 0 aliphatic rings. The maximum Gasteiger partial charge on any atom is 0.393 e. The van der Waals surface area contributed by atoms with Gasteiger partial charge in [0.05, 0.1) is 26.3 Å². The molecular formula is C14H13F3N2O2. The average Bonchev–Trinajstić information content (AvgIpc) is 2.41. The maximum atomic E-state index is 12.2. The van der Waals surface area contributed by atoms with Crippen LogP contribution in [0.15, 0.2) is 41.3 Å². The summed E-state index contributed by atoms with van der Waals surface area (Å²) in [6.45, 7) is 0.190. The summed E-state index contributed by atoms with van der Waals surface area (Å²) in [7, 11) is 1.54. The molecule has 0 saturated carbocycles. The van der Waals surface area contributed by atoms with E-state index in [9.17, 15) is 18.0 Å². The summed E-state index contributed by atoms with van der Waals surface area (Å²) < 4.78 is 42.9. The maximum absolute atomic E-state index is 12.2.